The van der Waals surface area contributed by atoms with E-state index < -0.39 is 9.84 Å². The molecule has 21 heavy (non-hydrogen) atoms. The van der Waals surface area contributed by atoms with Gasteiger partial charge >= 0.3 is 0 Å². The molecule has 1 N–H and O–H groups in total. The molecule has 0 saturated heterocycles. The number of likely N-dealkylation sites (N-methyl/N-ethyl adjacent to an activating group) is 1. The van der Waals surface area contributed by atoms with Gasteiger partial charge in [0.25, 0.3) is 0 Å². The van der Waals surface area contributed by atoms with Gasteiger partial charge in [-0.05, 0) is 31.4 Å². The Hall–Kier alpha value is -0.870. The highest BCUT2D eigenvalue weighted by Crippen LogP contribution is 2.31. The summed E-state index contributed by atoms with van der Waals surface area (Å²) in [6, 6.07) is 10.3. The zero-order chi connectivity index (χ0) is 15.8. The van der Waals surface area contributed by atoms with E-state index >= 15 is 0 Å². The lowest BCUT2D eigenvalue weighted by atomic mass is 9.75. The molecule has 0 bridgehead atoms. The molecule has 0 saturated carbocycles. The van der Waals surface area contributed by atoms with Crippen LogP contribution in [0.5, 0.6) is 0 Å². The molecule has 0 aliphatic rings. The molecule has 0 amide bonds. The zero-order valence-corrected chi connectivity index (χ0v) is 14.4. The van der Waals surface area contributed by atoms with Crippen molar-refractivity contribution < 1.29 is 8.42 Å². The van der Waals surface area contributed by atoms with E-state index in [0.717, 1.165) is 19.5 Å². The summed E-state index contributed by atoms with van der Waals surface area (Å²) < 4.78 is 24.2. The van der Waals surface area contributed by atoms with Crippen LogP contribution in [0.1, 0.15) is 45.6 Å². The van der Waals surface area contributed by atoms with E-state index in [1.807, 2.05) is 25.1 Å². The first-order chi connectivity index (χ1) is 9.99. The van der Waals surface area contributed by atoms with Crippen molar-refractivity contribution in [2.24, 2.45) is 0 Å². The van der Waals surface area contributed by atoms with Gasteiger partial charge in [-0.1, -0.05) is 51.1 Å². The number of sulfone groups is 1. The number of rotatable bonds is 10. The molecule has 0 heterocycles. The van der Waals surface area contributed by atoms with Gasteiger partial charge in [0, 0.05) is 17.7 Å². The highest BCUT2D eigenvalue weighted by Gasteiger charge is 2.31. The molecular formula is C17H29NO2S. The van der Waals surface area contributed by atoms with Crippen LogP contribution in [0.15, 0.2) is 30.3 Å². The van der Waals surface area contributed by atoms with Crippen LogP contribution in [0.25, 0.3) is 0 Å². The van der Waals surface area contributed by atoms with Gasteiger partial charge in [0.1, 0.15) is 9.84 Å². The summed E-state index contributed by atoms with van der Waals surface area (Å²) in [5, 5.41) is 3.41. The van der Waals surface area contributed by atoms with Crippen LogP contribution in [0.3, 0.4) is 0 Å². The smallest absolute Gasteiger partial charge is 0.150 e. The summed E-state index contributed by atoms with van der Waals surface area (Å²) in [6.45, 7) is 7.87. The third-order valence-corrected chi connectivity index (χ3v) is 6.04. The summed E-state index contributed by atoms with van der Waals surface area (Å²) in [5.41, 5.74) is 1.14. The summed E-state index contributed by atoms with van der Waals surface area (Å²) in [6.07, 6.45) is 2.31. The van der Waals surface area contributed by atoms with Gasteiger partial charge in [0.2, 0.25) is 0 Å². The molecule has 0 radical (unpaired) electrons. The first kappa shape index (κ1) is 18.2. The van der Waals surface area contributed by atoms with Crippen molar-refractivity contribution in [1.82, 2.24) is 5.32 Å². The van der Waals surface area contributed by atoms with Crippen molar-refractivity contribution in [3.63, 3.8) is 0 Å². The fraction of sp³-hybridized carbons (Fsp3) is 0.647. The van der Waals surface area contributed by atoms with Crippen molar-refractivity contribution in [3.8, 4) is 0 Å². The first-order valence-corrected chi connectivity index (χ1v) is 9.78. The number of hydrogen-bond acceptors (Lipinski definition) is 3. The van der Waals surface area contributed by atoms with Crippen LogP contribution in [0.2, 0.25) is 0 Å². The minimum absolute atomic E-state index is 0.0991. The molecule has 0 aliphatic heterocycles. The van der Waals surface area contributed by atoms with Gasteiger partial charge in [-0.3, -0.25) is 0 Å². The van der Waals surface area contributed by atoms with Crippen LogP contribution in [-0.4, -0.2) is 33.0 Å². The Morgan fingerprint density at radius 3 is 2.24 bits per heavy atom. The Balaban J connectivity index is 2.96. The first-order valence-electron chi connectivity index (χ1n) is 7.96. The van der Waals surface area contributed by atoms with Gasteiger partial charge in [0.15, 0.2) is 0 Å². The van der Waals surface area contributed by atoms with E-state index in [-0.39, 0.29) is 11.2 Å². The second kappa shape index (κ2) is 8.54. The lowest BCUT2D eigenvalue weighted by Crippen LogP contribution is -2.39. The maximum Gasteiger partial charge on any atom is 0.150 e. The van der Waals surface area contributed by atoms with Crippen LogP contribution >= 0.6 is 0 Å². The predicted octanol–water partition coefficient (Wildman–Crippen LogP) is 3.16. The monoisotopic (exact) mass is 311 g/mol. The van der Waals surface area contributed by atoms with Crippen LogP contribution in [0.4, 0.5) is 0 Å². The van der Waals surface area contributed by atoms with Gasteiger partial charge in [-0.2, -0.15) is 0 Å². The SMILES string of the molecule is CCCS(=O)(=O)CCC(CC)(CNCC)c1ccccc1. The molecule has 1 aromatic carbocycles. The molecule has 1 rings (SSSR count). The third-order valence-electron chi connectivity index (χ3n) is 4.18. The topological polar surface area (TPSA) is 46.2 Å². The lowest BCUT2D eigenvalue weighted by Gasteiger charge is -2.34. The van der Waals surface area contributed by atoms with E-state index in [2.05, 4.69) is 31.3 Å². The molecular weight excluding hydrogens is 282 g/mol. The number of benzene rings is 1. The van der Waals surface area contributed by atoms with Gasteiger partial charge < -0.3 is 5.32 Å². The second-order valence-electron chi connectivity index (χ2n) is 5.68. The van der Waals surface area contributed by atoms with Crippen LogP contribution in [-0.2, 0) is 15.3 Å². The molecule has 1 aromatic rings. The molecule has 1 unspecified atom stereocenters. The molecule has 0 aliphatic carbocycles. The van der Waals surface area contributed by atoms with E-state index in [9.17, 15) is 8.42 Å². The Bertz CT molecular complexity index is 499. The maximum absolute atomic E-state index is 12.1. The Kier molecular flexibility index (Phi) is 7.40. The Morgan fingerprint density at radius 2 is 1.71 bits per heavy atom. The average Bonchev–Trinajstić information content (AvgIpc) is 2.49. The molecule has 3 nitrogen and oxygen atoms in total. The quantitative estimate of drug-likeness (QED) is 0.722. The predicted molar refractivity (Wildman–Crippen MR) is 90.5 cm³/mol. The van der Waals surface area contributed by atoms with Gasteiger partial charge in [-0.25, -0.2) is 8.42 Å². The molecule has 120 valence electrons. The highest BCUT2D eigenvalue weighted by molar-refractivity contribution is 7.91. The van der Waals surface area contributed by atoms with E-state index in [0.29, 0.717) is 18.6 Å². The number of nitrogens with one attached hydrogen (secondary N) is 1. The van der Waals surface area contributed by atoms with Crippen molar-refractivity contribution in [3.05, 3.63) is 35.9 Å². The minimum atomic E-state index is -2.94. The van der Waals surface area contributed by atoms with Crippen molar-refractivity contribution in [1.29, 1.82) is 0 Å². The van der Waals surface area contributed by atoms with Gasteiger partial charge in [-0.15, -0.1) is 0 Å². The Morgan fingerprint density at radius 1 is 1.05 bits per heavy atom. The molecule has 1 atom stereocenters. The minimum Gasteiger partial charge on any atom is -0.316 e. The second-order valence-corrected chi connectivity index (χ2v) is 7.99. The maximum atomic E-state index is 12.1. The van der Waals surface area contributed by atoms with Gasteiger partial charge in [0.05, 0.1) is 5.75 Å². The zero-order valence-electron chi connectivity index (χ0n) is 13.6. The molecule has 0 fully saturated rings. The third kappa shape index (κ3) is 5.44. The fourth-order valence-corrected chi connectivity index (χ4v) is 4.29. The van der Waals surface area contributed by atoms with Crippen LogP contribution in [0, 0.1) is 0 Å². The van der Waals surface area contributed by atoms with Crippen molar-refractivity contribution >= 4 is 9.84 Å². The molecule has 4 heteroatoms. The molecule has 0 aromatic heterocycles. The average molecular weight is 311 g/mol. The number of hydrogen-bond donors (Lipinski definition) is 1. The van der Waals surface area contributed by atoms with Crippen molar-refractivity contribution in [2.75, 3.05) is 24.6 Å². The lowest BCUT2D eigenvalue weighted by molar-refractivity contribution is 0.372. The highest BCUT2D eigenvalue weighted by atomic mass is 32.2. The largest absolute Gasteiger partial charge is 0.316 e. The van der Waals surface area contributed by atoms with E-state index in [1.165, 1.54) is 5.56 Å². The van der Waals surface area contributed by atoms with E-state index in [4.69, 9.17) is 0 Å². The fourth-order valence-electron chi connectivity index (χ4n) is 2.76. The normalized spacial score (nSPS) is 14.8. The summed E-state index contributed by atoms with van der Waals surface area (Å²) >= 11 is 0. The summed E-state index contributed by atoms with van der Waals surface area (Å²) in [4.78, 5) is 0. The van der Waals surface area contributed by atoms with Crippen LogP contribution < -0.4 is 5.32 Å². The summed E-state index contributed by atoms with van der Waals surface area (Å²) in [5.74, 6) is 0.567. The standard InChI is InChI=1S/C17H29NO2S/c1-4-13-21(19,20)14-12-17(5-2,15-18-6-3)16-10-8-7-9-11-16/h7-11,18H,4-6,12-15H2,1-3H3. The molecule has 0 spiro atoms. The van der Waals surface area contributed by atoms with Crippen molar-refractivity contribution in [2.45, 2.75) is 45.4 Å². The summed E-state index contributed by atoms with van der Waals surface area (Å²) in [7, 11) is -2.94. The van der Waals surface area contributed by atoms with E-state index in [1.54, 1.807) is 0 Å². The Labute approximate surface area is 130 Å².